The van der Waals surface area contributed by atoms with E-state index < -0.39 is 5.97 Å². The molecule has 0 aromatic carbocycles. The van der Waals surface area contributed by atoms with Crippen molar-refractivity contribution >= 4 is 5.97 Å². The van der Waals surface area contributed by atoms with E-state index in [1.54, 1.807) is 7.11 Å². The van der Waals surface area contributed by atoms with E-state index in [1.165, 1.54) is 0 Å². The van der Waals surface area contributed by atoms with Gasteiger partial charge in [-0.25, -0.2) is 0 Å². The van der Waals surface area contributed by atoms with Crippen LogP contribution >= 0.6 is 0 Å². The average molecular weight is 232 g/mol. The average Bonchev–Trinajstić information content (AvgIpc) is 2.20. The molecule has 0 aliphatic rings. The quantitative estimate of drug-likeness (QED) is 0.589. The van der Waals surface area contributed by atoms with Crippen LogP contribution in [0, 0.1) is 0 Å². The first-order chi connectivity index (χ1) is 7.56. The van der Waals surface area contributed by atoms with Gasteiger partial charge in [0.15, 0.2) is 0 Å². The van der Waals surface area contributed by atoms with Gasteiger partial charge in [-0.05, 0) is 33.6 Å². The highest BCUT2D eigenvalue weighted by atomic mass is 16.5. The molecule has 0 fully saturated rings. The van der Waals surface area contributed by atoms with E-state index in [2.05, 4.69) is 9.80 Å². The molecule has 96 valence electrons. The number of hydrogen-bond acceptors (Lipinski definition) is 4. The van der Waals surface area contributed by atoms with Crippen molar-refractivity contribution < 1.29 is 14.6 Å². The van der Waals surface area contributed by atoms with E-state index >= 15 is 0 Å². The van der Waals surface area contributed by atoms with Gasteiger partial charge in [-0.3, -0.25) is 4.79 Å². The Bertz CT molecular complexity index is 186. The third-order valence-electron chi connectivity index (χ3n) is 2.33. The Kier molecular flexibility index (Phi) is 9.18. The lowest BCUT2D eigenvalue weighted by Gasteiger charge is -2.21. The summed E-state index contributed by atoms with van der Waals surface area (Å²) in [5.41, 5.74) is 0. The summed E-state index contributed by atoms with van der Waals surface area (Å²) in [6.07, 6.45) is 1.25. The maximum absolute atomic E-state index is 10.5. The molecule has 0 bridgehead atoms. The summed E-state index contributed by atoms with van der Waals surface area (Å²) in [5.74, 6) is -0.741. The Balaban J connectivity index is 3.75. The molecule has 5 nitrogen and oxygen atoms in total. The summed E-state index contributed by atoms with van der Waals surface area (Å²) in [7, 11) is 5.74. The van der Waals surface area contributed by atoms with Crippen LogP contribution in [0.15, 0.2) is 0 Å². The summed E-state index contributed by atoms with van der Waals surface area (Å²) in [6, 6.07) is 0. The molecule has 0 aliphatic heterocycles. The Labute approximate surface area is 98.0 Å². The lowest BCUT2D eigenvalue weighted by atomic mass is 10.3. The molecule has 1 N–H and O–H groups in total. The molecule has 0 aromatic rings. The first-order valence-electron chi connectivity index (χ1n) is 5.64. The normalized spacial score (nSPS) is 11.3. The van der Waals surface area contributed by atoms with E-state index in [0.29, 0.717) is 13.2 Å². The number of hydrogen-bond donors (Lipinski definition) is 1. The number of carboxylic acid groups (broad SMARTS) is 1. The van der Waals surface area contributed by atoms with Crippen LogP contribution in [0.4, 0.5) is 0 Å². The van der Waals surface area contributed by atoms with Crippen molar-refractivity contribution in [2.75, 3.05) is 54.0 Å². The highest BCUT2D eigenvalue weighted by molar-refractivity contribution is 5.66. The standard InChI is InChI=1S/C11H24N2O3/c1-12(2)6-4-7-13(9-10-16-3)8-5-11(14)15/h4-10H2,1-3H3,(H,14,15). The van der Waals surface area contributed by atoms with E-state index in [1.807, 2.05) is 14.1 Å². The van der Waals surface area contributed by atoms with Crippen molar-refractivity contribution in [3.8, 4) is 0 Å². The molecule has 0 spiro atoms. The molecule has 0 rings (SSSR count). The molecule has 0 aromatic heterocycles. The van der Waals surface area contributed by atoms with Gasteiger partial charge in [0.1, 0.15) is 0 Å². The molecule has 5 heteroatoms. The SMILES string of the molecule is COCCN(CCCN(C)C)CCC(=O)O. The topological polar surface area (TPSA) is 53.0 Å². The van der Waals surface area contributed by atoms with Crippen molar-refractivity contribution in [2.24, 2.45) is 0 Å². The Hall–Kier alpha value is -0.650. The van der Waals surface area contributed by atoms with Gasteiger partial charge in [-0.2, -0.15) is 0 Å². The molecule has 0 aliphatic carbocycles. The third-order valence-corrected chi connectivity index (χ3v) is 2.33. The molecular weight excluding hydrogens is 208 g/mol. The lowest BCUT2D eigenvalue weighted by Crippen LogP contribution is -2.32. The van der Waals surface area contributed by atoms with E-state index in [9.17, 15) is 4.79 Å². The number of aliphatic carboxylic acids is 1. The monoisotopic (exact) mass is 232 g/mol. The number of carbonyl (C=O) groups is 1. The summed E-state index contributed by atoms with van der Waals surface area (Å²) in [6.45, 7) is 4.01. The Morgan fingerprint density at radius 3 is 2.38 bits per heavy atom. The van der Waals surface area contributed by atoms with E-state index in [4.69, 9.17) is 9.84 Å². The van der Waals surface area contributed by atoms with Crippen molar-refractivity contribution in [3.63, 3.8) is 0 Å². The molecule has 0 atom stereocenters. The molecule has 0 radical (unpaired) electrons. The number of carboxylic acids is 1. The second-order valence-electron chi connectivity index (χ2n) is 4.14. The Morgan fingerprint density at radius 1 is 1.19 bits per heavy atom. The second kappa shape index (κ2) is 9.57. The fraction of sp³-hybridized carbons (Fsp3) is 0.909. The van der Waals surface area contributed by atoms with Gasteiger partial charge in [0.05, 0.1) is 13.0 Å². The van der Waals surface area contributed by atoms with Gasteiger partial charge >= 0.3 is 5.97 Å². The fourth-order valence-electron chi connectivity index (χ4n) is 1.42. The van der Waals surface area contributed by atoms with Gasteiger partial charge in [-0.15, -0.1) is 0 Å². The minimum Gasteiger partial charge on any atom is -0.481 e. The Morgan fingerprint density at radius 2 is 1.88 bits per heavy atom. The highest BCUT2D eigenvalue weighted by Crippen LogP contribution is 1.96. The summed E-state index contributed by atoms with van der Waals surface area (Å²) in [4.78, 5) is 14.8. The van der Waals surface area contributed by atoms with E-state index in [-0.39, 0.29) is 6.42 Å². The van der Waals surface area contributed by atoms with Crippen molar-refractivity contribution in [2.45, 2.75) is 12.8 Å². The lowest BCUT2D eigenvalue weighted by molar-refractivity contribution is -0.137. The van der Waals surface area contributed by atoms with Crippen LogP contribution in [0.2, 0.25) is 0 Å². The predicted molar refractivity (Wildman–Crippen MR) is 63.7 cm³/mol. The maximum Gasteiger partial charge on any atom is 0.304 e. The summed E-state index contributed by atoms with van der Waals surface area (Å²) < 4.78 is 5.01. The summed E-state index contributed by atoms with van der Waals surface area (Å²) >= 11 is 0. The largest absolute Gasteiger partial charge is 0.481 e. The zero-order valence-electron chi connectivity index (χ0n) is 10.6. The molecule has 0 saturated heterocycles. The van der Waals surface area contributed by atoms with Crippen LogP contribution in [0.1, 0.15) is 12.8 Å². The van der Waals surface area contributed by atoms with Crippen molar-refractivity contribution in [1.82, 2.24) is 9.80 Å². The van der Waals surface area contributed by atoms with Gasteiger partial charge < -0.3 is 19.6 Å². The van der Waals surface area contributed by atoms with Crippen LogP contribution in [0.5, 0.6) is 0 Å². The highest BCUT2D eigenvalue weighted by Gasteiger charge is 2.07. The van der Waals surface area contributed by atoms with Gasteiger partial charge in [0, 0.05) is 20.2 Å². The minimum absolute atomic E-state index is 0.200. The van der Waals surface area contributed by atoms with Crippen molar-refractivity contribution in [3.05, 3.63) is 0 Å². The number of rotatable bonds is 10. The van der Waals surface area contributed by atoms with Crippen LogP contribution in [-0.2, 0) is 9.53 Å². The minimum atomic E-state index is -0.741. The third kappa shape index (κ3) is 9.89. The van der Waals surface area contributed by atoms with Crippen molar-refractivity contribution in [1.29, 1.82) is 0 Å². The van der Waals surface area contributed by atoms with Crippen LogP contribution in [0.25, 0.3) is 0 Å². The van der Waals surface area contributed by atoms with Gasteiger partial charge in [-0.1, -0.05) is 0 Å². The number of methoxy groups -OCH3 is 1. The zero-order chi connectivity index (χ0) is 12.4. The first kappa shape index (κ1) is 15.3. The van der Waals surface area contributed by atoms with Gasteiger partial charge in [0.2, 0.25) is 0 Å². The molecule has 16 heavy (non-hydrogen) atoms. The maximum atomic E-state index is 10.5. The zero-order valence-corrected chi connectivity index (χ0v) is 10.6. The molecule has 0 heterocycles. The molecule has 0 amide bonds. The van der Waals surface area contributed by atoms with Crippen LogP contribution in [0.3, 0.4) is 0 Å². The van der Waals surface area contributed by atoms with E-state index in [0.717, 1.165) is 26.1 Å². The molecule has 0 saturated carbocycles. The van der Waals surface area contributed by atoms with Gasteiger partial charge in [0.25, 0.3) is 0 Å². The molecule has 0 unspecified atom stereocenters. The summed E-state index contributed by atoms with van der Waals surface area (Å²) in [5, 5.41) is 8.64. The smallest absolute Gasteiger partial charge is 0.304 e. The fourth-order valence-corrected chi connectivity index (χ4v) is 1.42. The van der Waals surface area contributed by atoms with Crippen LogP contribution in [-0.4, -0.2) is 74.9 Å². The molecular formula is C11H24N2O3. The van der Waals surface area contributed by atoms with Crippen LogP contribution < -0.4 is 0 Å². The second-order valence-corrected chi connectivity index (χ2v) is 4.14. The number of ether oxygens (including phenoxy) is 1. The first-order valence-corrected chi connectivity index (χ1v) is 5.64. The number of nitrogens with zero attached hydrogens (tertiary/aromatic N) is 2. The predicted octanol–water partition coefficient (Wildman–Crippen LogP) is 0.361.